The largest absolute Gasteiger partial charge is 0.530 e. The highest BCUT2D eigenvalue weighted by atomic mass is 31.2. The van der Waals surface area contributed by atoms with Crippen LogP contribution in [0.5, 0.6) is 0 Å². The van der Waals surface area contributed by atoms with Crippen LogP contribution in [0.15, 0.2) is 41.0 Å². The van der Waals surface area contributed by atoms with Gasteiger partial charge >= 0.3 is 13.8 Å². The molecule has 1 aromatic rings. The van der Waals surface area contributed by atoms with Crippen molar-refractivity contribution in [1.82, 2.24) is 0 Å². The first-order valence-electron chi connectivity index (χ1n) is 6.63. The Kier molecular flexibility index (Phi) is 7.66. The van der Waals surface area contributed by atoms with Gasteiger partial charge in [-0.15, -0.1) is 0 Å². The van der Waals surface area contributed by atoms with E-state index < -0.39 is 13.8 Å². The SMILES string of the molecule is CCOP(=O)(OCC)O/C(=C\C=C\C(=O)OC)c1ccco1. The third kappa shape index (κ3) is 5.89. The van der Waals surface area contributed by atoms with Gasteiger partial charge in [-0.05, 0) is 32.1 Å². The number of esters is 1. The lowest BCUT2D eigenvalue weighted by molar-refractivity contribution is -0.134. The van der Waals surface area contributed by atoms with Crippen LogP contribution in [0, 0.1) is 0 Å². The fourth-order valence-corrected chi connectivity index (χ4v) is 2.59. The first-order chi connectivity index (χ1) is 10.5. The van der Waals surface area contributed by atoms with E-state index in [9.17, 15) is 9.36 Å². The molecule has 1 heterocycles. The van der Waals surface area contributed by atoms with Crippen LogP contribution in [0.3, 0.4) is 0 Å². The number of rotatable bonds is 9. The van der Waals surface area contributed by atoms with Gasteiger partial charge in [0.2, 0.25) is 0 Å². The molecule has 7 nitrogen and oxygen atoms in total. The van der Waals surface area contributed by atoms with Gasteiger partial charge in [-0.1, -0.05) is 6.08 Å². The zero-order valence-corrected chi connectivity index (χ0v) is 13.6. The molecule has 0 spiro atoms. The van der Waals surface area contributed by atoms with E-state index in [0.29, 0.717) is 5.76 Å². The van der Waals surface area contributed by atoms with Crippen molar-refractivity contribution < 1.29 is 32.1 Å². The lowest BCUT2D eigenvalue weighted by atomic mass is 10.3. The van der Waals surface area contributed by atoms with Crippen LogP contribution in [-0.2, 0) is 27.7 Å². The van der Waals surface area contributed by atoms with Crippen LogP contribution in [0.1, 0.15) is 19.6 Å². The van der Waals surface area contributed by atoms with Crippen LogP contribution in [-0.4, -0.2) is 26.3 Å². The van der Waals surface area contributed by atoms with Crippen LogP contribution >= 0.6 is 7.82 Å². The highest BCUT2D eigenvalue weighted by Gasteiger charge is 2.29. The number of furan rings is 1. The Balaban J connectivity index is 3.01. The van der Waals surface area contributed by atoms with Crippen molar-refractivity contribution in [3.8, 4) is 0 Å². The monoisotopic (exact) mass is 330 g/mol. The minimum absolute atomic E-state index is 0.107. The number of allylic oxidation sites excluding steroid dienone is 2. The molecule has 0 aliphatic heterocycles. The lowest BCUT2D eigenvalue weighted by Crippen LogP contribution is -2.00. The molecule has 0 aliphatic rings. The Morgan fingerprint density at radius 2 is 2.00 bits per heavy atom. The average Bonchev–Trinajstić information content (AvgIpc) is 3.00. The molecule has 0 fully saturated rings. The fraction of sp³-hybridized carbons (Fsp3) is 0.357. The van der Waals surface area contributed by atoms with Crippen molar-refractivity contribution in [2.24, 2.45) is 0 Å². The molecule has 0 bridgehead atoms. The summed E-state index contributed by atoms with van der Waals surface area (Å²) in [4.78, 5) is 11.1. The number of phosphoric acid groups is 1. The van der Waals surface area contributed by atoms with Gasteiger partial charge in [0.25, 0.3) is 0 Å². The van der Waals surface area contributed by atoms with Crippen molar-refractivity contribution in [2.45, 2.75) is 13.8 Å². The fourth-order valence-electron chi connectivity index (χ4n) is 1.39. The maximum atomic E-state index is 12.4. The zero-order chi connectivity index (χ0) is 16.4. The van der Waals surface area contributed by atoms with Gasteiger partial charge in [0.05, 0.1) is 26.6 Å². The smallest absolute Gasteiger partial charge is 0.466 e. The highest BCUT2D eigenvalue weighted by Crippen LogP contribution is 2.52. The second-order valence-electron chi connectivity index (χ2n) is 3.76. The number of carbonyl (C=O) groups excluding carboxylic acids is 1. The molecule has 0 N–H and O–H groups in total. The van der Waals surface area contributed by atoms with Gasteiger partial charge < -0.3 is 13.7 Å². The van der Waals surface area contributed by atoms with Crippen LogP contribution in [0.4, 0.5) is 0 Å². The first kappa shape index (κ1) is 18.2. The van der Waals surface area contributed by atoms with Gasteiger partial charge in [0.1, 0.15) is 0 Å². The van der Waals surface area contributed by atoms with E-state index in [2.05, 4.69) is 4.74 Å². The summed E-state index contributed by atoms with van der Waals surface area (Å²) in [5.74, 6) is -0.114. The summed E-state index contributed by atoms with van der Waals surface area (Å²) in [6.45, 7) is 3.65. The first-order valence-corrected chi connectivity index (χ1v) is 8.09. The summed E-state index contributed by atoms with van der Waals surface area (Å²) in [7, 11) is -2.50. The molecular formula is C14H19O7P. The number of hydrogen-bond acceptors (Lipinski definition) is 7. The van der Waals surface area contributed by atoms with Gasteiger partial charge in [0.15, 0.2) is 11.5 Å². The Morgan fingerprint density at radius 3 is 2.50 bits per heavy atom. The normalized spacial score (nSPS) is 12.6. The minimum Gasteiger partial charge on any atom is -0.466 e. The van der Waals surface area contributed by atoms with Gasteiger partial charge in [-0.25, -0.2) is 9.36 Å². The Hall–Kier alpha value is -1.82. The van der Waals surface area contributed by atoms with E-state index >= 15 is 0 Å². The molecule has 22 heavy (non-hydrogen) atoms. The maximum absolute atomic E-state index is 12.4. The van der Waals surface area contributed by atoms with Crippen LogP contribution in [0.2, 0.25) is 0 Å². The third-order valence-electron chi connectivity index (χ3n) is 2.23. The number of carbonyl (C=O) groups is 1. The predicted octanol–water partition coefficient (Wildman–Crippen LogP) is 3.55. The maximum Gasteiger partial charge on any atom is 0.530 e. The van der Waals surface area contributed by atoms with Crippen molar-refractivity contribution in [3.63, 3.8) is 0 Å². The second kappa shape index (κ2) is 9.25. The molecular weight excluding hydrogens is 311 g/mol. The van der Waals surface area contributed by atoms with Crippen molar-refractivity contribution in [2.75, 3.05) is 20.3 Å². The molecule has 0 unspecified atom stereocenters. The Morgan fingerprint density at radius 1 is 1.32 bits per heavy atom. The molecule has 1 aromatic heterocycles. The van der Waals surface area contributed by atoms with Gasteiger partial charge in [-0.2, -0.15) is 0 Å². The highest BCUT2D eigenvalue weighted by molar-refractivity contribution is 7.48. The summed E-state index contributed by atoms with van der Waals surface area (Å²) in [5.41, 5.74) is 0. The summed E-state index contributed by atoms with van der Waals surface area (Å²) >= 11 is 0. The molecule has 8 heteroatoms. The standard InChI is InChI=1S/C14H19O7P/c1-4-19-22(16,20-5-2)21-13(12-9-7-11-18-12)8-6-10-14(15)17-3/h6-11H,4-5H2,1-3H3/b10-6+,13-8-. The Labute approximate surface area is 129 Å². The summed E-state index contributed by atoms with van der Waals surface area (Å²) < 4.78 is 37.6. The van der Waals surface area contributed by atoms with E-state index in [1.165, 1.54) is 31.6 Å². The average molecular weight is 330 g/mol. The molecule has 122 valence electrons. The van der Waals surface area contributed by atoms with Crippen LogP contribution in [0.25, 0.3) is 5.76 Å². The molecule has 0 saturated carbocycles. The van der Waals surface area contributed by atoms with E-state index in [1.54, 1.807) is 26.0 Å². The van der Waals surface area contributed by atoms with E-state index in [-0.39, 0.29) is 19.0 Å². The number of phosphoric ester groups is 1. The predicted molar refractivity (Wildman–Crippen MR) is 79.8 cm³/mol. The molecule has 0 atom stereocenters. The van der Waals surface area contributed by atoms with E-state index in [4.69, 9.17) is 18.0 Å². The van der Waals surface area contributed by atoms with Crippen molar-refractivity contribution in [1.29, 1.82) is 0 Å². The van der Waals surface area contributed by atoms with E-state index in [0.717, 1.165) is 0 Å². The van der Waals surface area contributed by atoms with Crippen LogP contribution < -0.4 is 0 Å². The Bertz CT molecular complexity index is 550. The topological polar surface area (TPSA) is 84.2 Å². The van der Waals surface area contributed by atoms with E-state index in [1.807, 2.05) is 0 Å². The molecule has 0 radical (unpaired) electrons. The number of ether oxygens (including phenoxy) is 1. The molecule has 0 amide bonds. The molecule has 0 aromatic carbocycles. The molecule has 1 rings (SSSR count). The third-order valence-corrected chi connectivity index (χ3v) is 3.80. The lowest BCUT2D eigenvalue weighted by Gasteiger charge is -2.17. The number of hydrogen-bond donors (Lipinski definition) is 0. The number of methoxy groups -OCH3 is 1. The summed E-state index contributed by atoms with van der Waals surface area (Å²) in [5, 5.41) is 0. The zero-order valence-electron chi connectivity index (χ0n) is 12.7. The van der Waals surface area contributed by atoms with Crippen molar-refractivity contribution >= 4 is 19.6 Å². The molecule has 0 saturated heterocycles. The summed E-state index contributed by atoms with van der Waals surface area (Å²) in [6.07, 6.45) is 5.40. The minimum atomic E-state index is -3.77. The van der Waals surface area contributed by atoms with Gasteiger partial charge in [0, 0.05) is 6.08 Å². The van der Waals surface area contributed by atoms with Gasteiger partial charge in [-0.3, -0.25) is 9.05 Å². The molecule has 0 aliphatic carbocycles. The quantitative estimate of drug-likeness (QED) is 0.225. The second-order valence-corrected chi connectivity index (χ2v) is 5.36. The summed E-state index contributed by atoms with van der Waals surface area (Å²) in [6, 6.07) is 3.25. The van der Waals surface area contributed by atoms with Crippen molar-refractivity contribution in [3.05, 3.63) is 42.4 Å².